The van der Waals surface area contributed by atoms with Crippen molar-refractivity contribution in [2.75, 3.05) is 5.75 Å². The SMILES string of the molecule is O=C(CSc1nc2ccccc2s1)N/N=C\[C@@H]1CC=CCC1. The van der Waals surface area contributed by atoms with E-state index in [1.54, 1.807) is 11.3 Å². The lowest BCUT2D eigenvalue weighted by Crippen LogP contribution is -2.20. The summed E-state index contributed by atoms with van der Waals surface area (Å²) in [7, 11) is 0. The molecule has 0 spiro atoms. The third kappa shape index (κ3) is 4.18. The smallest absolute Gasteiger partial charge is 0.250 e. The lowest BCUT2D eigenvalue weighted by Gasteiger charge is -2.11. The number of thioether (sulfide) groups is 1. The highest BCUT2D eigenvalue weighted by Gasteiger charge is 2.08. The Morgan fingerprint density at radius 2 is 2.36 bits per heavy atom. The molecule has 0 radical (unpaired) electrons. The van der Waals surface area contributed by atoms with E-state index in [4.69, 9.17) is 0 Å². The van der Waals surface area contributed by atoms with E-state index in [0.717, 1.165) is 33.8 Å². The van der Waals surface area contributed by atoms with Crippen molar-refractivity contribution in [1.82, 2.24) is 10.4 Å². The fourth-order valence-corrected chi connectivity index (χ4v) is 4.10. The topological polar surface area (TPSA) is 54.4 Å². The van der Waals surface area contributed by atoms with Crippen molar-refractivity contribution < 1.29 is 4.79 Å². The Labute approximate surface area is 137 Å². The van der Waals surface area contributed by atoms with Crippen molar-refractivity contribution in [3.63, 3.8) is 0 Å². The molecule has 22 heavy (non-hydrogen) atoms. The van der Waals surface area contributed by atoms with Crippen molar-refractivity contribution in [2.24, 2.45) is 11.0 Å². The number of nitrogens with zero attached hydrogens (tertiary/aromatic N) is 2. The Morgan fingerprint density at radius 1 is 1.45 bits per heavy atom. The Kier molecular flexibility index (Phi) is 5.24. The quantitative estimate of drug-likeness (QED) is 0.392. The molecule has 1 aliphatic carbocycles. The Hall–Kier alpha value is -1.66. The molecule has 1 atom stereocenters. The van der Waals surface area contributed by atoms with E-state index >= 15 is 0 Å². The van der Waals surface area contributed by atoms with Gasteiger partial charge in [-0.3, -0.25) is 4.79 Å². The van der Waals surface area contributed by atoms with Gasteiger partial charge in [0, 0.05) is 6.21 Å². The van der Waals surface area contributed by atoms with Gasteiger partial charge < -0.3 is 0 Å². The number of carbonyl (C=O) groups is 1. The first-order chi connectivity index (χ1) is 10.8. The Bertz CT molecular complexity index is 675. The van der Waals surface area contributed by atoms with Crippen molar-refractivity contribution >= 4 is 45.4 Å². The first kappa shape index (κ1) is 15.2. The van der Waals surface area contributed by atoms with Gasteiger partial charge in [-0.25, -0.2) is 10.4 Å². The van der Waals surface area contributed by atoms with Crippen molar-refractivity contribution in [1.29, 1.82) is 0 Å². The average molecular weight is 331 g/mol. The molecule has 0 saturated heterocycles. The zero-order valence-electron chi connectivity index (χ0n) is 12.1. The molecule has 1 aliphatic rings. The molecule has 0 fully saturated rings. The van der Waals surface area contributed by atoms with Crippen LogP contribution in [0.25, 0.3) is 10.2 Å². The summed E-state index contributed by atoms with van der Waals surface area (Å²) in [4.78, 5) is 16.3. The molecule has 1 heterocycles. The third-order valence-corrected chi connectivity index (χ3v) is 5.56. The van der Waals surface area contributed by atoms with E-state index in [1.165, 1.54) is 11.8 Å². The van der Waals surface area contributed by atoms with Gasteiger partial charge in [0.05, 0.1) is 16.0 Å². The molecule has 2 aromatic rings. The predicted octanol–water partition coefficient (Wildman–Crippen LogP) is 3.85. The van der Waals surface area contributed by atoms with Crippen LogP contribution in [0, 0.1) is 5.92 Å². The fourth-order valence-electron chi connectivity index (χ4n) is 2.24. The summed E-state index contributed by atoms with van der Waals surface area (Å²) in [6.45, 7) is 0. The summed E-state index contributed by atoms with van der Waals surface area (Å²) in [5, 5.41) is 4.06. The normalized spacial score (nSPS) is 18.1. The van der Waals surface area contributed by atoms with Crippen molar-refractivity contribution in [3.05, 3.63) is 36.4 Å². The fraction of sp³-hybridized carbons (Fsp3) is 0.312. The number of thiazole rings is 1. The standard InChI is InChI=1S/C16H17N3OS2/c20-15(19-17-10-12-6-2-1-3-7-12)11-21-16-18-13-8-4-5-9-14(13)22-16/h1-2,4-5,8-10,12H,3,6-7,11H2,(H,19,20)/b17-10-/t12-/m1/s1. The zero-order chi connectivity index (χ0) is 15.2. The molecule has 1 N–H and O–H groups in total. The number of aromatic nitrogens is 1. The highest BCUT2D eigenvalue weighted by Crippen LogP contribution is 2.28. The van der Waals surface area contributed by atoms with Crippen LogP contribution in [0.3, 0.4) is 0 Å². The maximum atomic E-state index is 11.8. The number of amides is 1. The van der Waals surface area contributed by atoms with Crippen LogP contribution >= 0.6 is 23.1 Å². The predicted molar refractivity (Wildman–Crippen MR) is 93.5 cm³/mol. The second-order valence-electron chi connectivity index (χ2n) is 5.09. The van der Waals surface area contributed by atoms with Crippen LogP contribution in [-0.2, 0) is 4.79 Å². The van der Waals surface area contributed by atoms with Crippen LogP contribution in [0.1, 0.15) is 19.3 Å². The van der Waals surface area contributed by atoms with E-state index in [-0.39, 0.29) is 5.91 Å². The van der Waals surface area contributed by atoms with Crippen LogP contribution < -0.4 is 5.43 Å². The van der Waals surface area contributed by atoms with E-state index in [2.05, 4.69) is 27.7 Å². The maximum absolute atomic E-state index is 11.8. The number of carbonyl (C=O) groups excluding carboxylic acids is 1. The Balaban J connectivity index is 1.45. The third-order valence-electron chi connectivity index (χ3n) is 3.39. The number of benzene rings is 1. The molecule has 0 aliphatic heterocycles. The minimum absolute atomic E-state index is 0.0909. The van der Waals surface area contributed by atoms with Crippen molar-refractivity contribution in [3.8, 4) is 0 Å². The molecule has 6 heteroatoms. The molecule has 1 aromatic carbocycles. The van der Waals surface area contributed by atoms with Crippen LogP contribution in [0.4, 0.5) is 0 Å². The number of para-hydroxylation sites is 1. The van der Waals surface area contributed by atoms with Crippen LogP contribution in [0.2, 0.25) is 0 Å². The second kappa shape index (κ2) is 7.56. The van der Waals surface area contributed by atoms with E-state index < -0.39 is 0 Å². The van der Waals surface area contributed by atoms with Gasteiger partial charge in [-0.05, 0) is 37.3 Å². The molecular weight excluding hydrogens is 314 g/mol. The molecule has 3 rings (SSSR count). The number of hydrazone groups is 1. The molecule has 0 saturated carbocycles. The number of allylic oxidation sites excluding steroid dienone is 2. The summed E-state index contributed by atoms with van der Waals surface area (Å²) < 4.78 is 2.06. The van der Waals surface area contributed by atoms with Gasteiger partial charge in [-0.15, -0.1) is 11.3 Å². The second-order valence-corrected chi connectivity index (χ2v) is 7.35. The first-order valence-electron chi connectivity index (χ1n) is 7.26. The molecular formula is C16H17N3OS2. The van der Waals surface area contributed by atoms with E-state index in [9.17, 15) is 4.79 Å². The molecule has 0 bridgehead atoms. The number of hydrogen-bond acceptors (Lipinski definition) is 5. The molecule has 1 aromatic heterocycles. The molecule has 1 amide bonds. The summed E-state index contributed by atoms with van der Waals surface area (Å²) in [5.41, 5.74) is 3.58. The van der Waals surface area contributed by atoms with Gasteiger partial charge in [-0.2, -0.15) is 5.10 Å². The number of rotatable bonds is 5. The summed E-state index contributed by atoms with van der Waals surface area (Å²) in [5.74, 6) is 0.691. The monoisotopic (exact) mass is 331 g/mol. The number of hydrogen-bond donors (Lipinski definition) is 1. The van der Waals surface area contributed by atoms with Gasteiger partial charge in [0.1, 0.15) is 0 Å². The molecule has 4 nitrogen and oxygen atoms in total. The van der Waals surface area contributed by atoms with Gasteiger partial charge >= 0.3 is 0 Å². The molecule has 114 valence electrons. The average Bonchev–Trinajstić information content (AvgIpc) is 2.97. The van der Waals surface area contributed by atoms with E-state index in [1.807, 2.05) is 30.5 Å². The van der Waals surface area contributed by atoms with Crippen LogP contribution in [-0.4, -0.2) is 22.9 Å². The van der Waals surface area contributed by atoms with Crippen LogP contribution in [0.15, 0.2) is 45.9 Å². The summed E-state index contributed by atoms with van der Waals surface area (Å²) in [6, 6.07) is 7.99. The van der Waals surface area contributed by atoms with Gasteiger partial charge in [-0.1, -0.05) is 36.0 Å². The number of fused-ring (bicyclic) bond motifs is 1. The Morgan fingerprint density at radius 3 is 3.18 bits per heavy atom. The number of nitrogens with one attached hydrogen (secondary N) is 1. The minimum Gasteiger partial charge on any atom is -0.272 e. The lowest BCUT2D eigenvalue weighted by atomic mass is 9.96. The van der Waals surface area contributed by atoms with Gasteiger partial charge in [0.15, 0.2) is 4.34 Å². The summed E-state index contributed by atoms with van der Waals surface area (Å²) >= 11 is 3.06. The highest BCUT2D eigenvalue weighted by molar-refractivity contribution is 8.01. The van der Waals surface area contributed by atoms with Crippen LogP contribution in [0.5, 0.6) is 0 Å². The summed E-state index contributed by atoms with van der Waals surface area (Å²) in [6.07, 6.45) is 9.43. The van der Waals surface area contributed by atoms with Gasteiger partial charge in [0.25, 0.3) is 0 Å². The van der Waals surface area contributed by atoms with Crippen molar-refractivity contribution in [2.45, 2.75) is 23.6 Å². The van der Waals surface area contributed by atoms with Gasteiger partial charge in [0.2, 0.25) is 5.91 Å². The first-order valence-corrected chi connectivity index (χ1v) is 9.07. The maximum Gasteiger partial charge on any atom is 0.250 e. The largest absolute Gasteiger partial charge is 0.272 e. The molecule has 0 unspecified atom stereocenters. The highest BCUT2D eigenvalue weighted by atomic mass is 32.2. The lowest BCUT2D eigenvalue weighted by molar-refractivity contribution is -0.118. The zero-order valence-corrected chi connectivity index (χ0v) is 13.7. The minimum atomic E-state index is -0.0909. The van der Waals surface area contributed by atoms with E-state index in [0.29, 0.717) is 11.7 Å².